The minimum absolute atomic E-state index is 1.35. The van der Waals surface area contributed by atoms with E-state index in [0.717, 1.165) is 0 Å². The predicted octanol–water partition coefficient (Wildman–Crippen LogP) is 7.20. The van der Waals surface area contributed by atoms with Crippen LogP contribution < -0.4 is 0 Å². The molecule has 0 amide bonds. The van der Waals surface area contributed by atoms with Gasteiger partial charge >= 0.3 is 0 Å². The zero-order valence-electron chi connectivity index (χ0n) is 16.2. The average Bonchev–Trinajstić information content (AvgIpc) is 2.53. The van der Waals surface area contributed by atoms with Gasteiger partial charge in [-0.2, -0.15) is 0 Å². The van der Waals surface area contributed by atoms with Gasteiger partial charge in [0.25, 0.3) is 0 Å². The SMILES string of the molecule is CCCCCCCCCN(CCCCCC)CCCCCC. The van der Waals surface area contributed by atoms with Gasteiger partial charge in [0.1, 0.15) is 0 Å². The van der Waals surface area contributed by atoms with Crippen molar-refractivity contribution in [1.29, 1.82) is 0 Å². The van der Waals surface area contributed by atoms with Gasteiger partial charge in [0, 0.05) is 0 Å². The van der Waals surface area contributed by atoms with Gasteiger partial charge in [0.2, 0.25) is 0 Å². The first-order valence-electron chi connectivity index (χ1n) is 10.6. The van der Waals surface area contributed by atoms with Gasteiger partial charge < -0.3 is 4.90 Å². The molecule has 0 unspecified atom stereocenters. The van der Waals surface area contributed by atoms with Crippen LogP contribution in [0.2, 0.25) is 0 Å². The Kier molecular flexibility index (Phi) is 19.0. The van der Waals surface area contributed by atoms with Crippen molar-refractivity contribution in [2.24, 2.45) is 0 Å². The van der Waals surface area contributed by atoms with Crippen LogP contribution in [0.4, 0.5) is 0 Å². The normalized spacial score (nSPS) is 11.5. The molecule has 0 heterocycles. The standard InChI is InChI=1S/C21H45N/c1-4-7-10-13-14-15-18-21-22(19-16-11-8-5-2)20-17-12-9-6-3/h4-21H2,1-3H3. The highest BCUT2D eigenvalue weighted by Crippen LogP contribution is 2.10. The van der Waals surface area contributed by atoms with Crippen LogP contribution in [0.1, 0.15) is 117 Å². The highest BCUT2D eigenvalue weighted by Gasteiger charge is 2.04. The summed E-state index contributed by atoms with van der Waals surface area (Å²) < 4.78 is 0. The fraction of sp³-hybridized carbons (Fsp3) is 1.00. The van der Waals surface area contributed by atoms with Crippen LogP contribution in [-0.4, -0.2) is 24.5 Å². The van der Waals surface area contributed by atoms with Crippen LogP contribution in [-0.2, 0) is 0 Å². The first-order chi connectivity index (χ1) is 10.8. The van der Waals surface area contributed by atoms with Gasteiger partial charge in [-0.3, -0.25) is 0 Å². The molecule has 0 aliphatic heterocycles. The monoisotopic (exact) mass is 311 g/mol. The van der Waals surface area contributed by atoms with Gasteiger partial charge in [0.15, 0.2) is 0 Å². The molecule has 0 fully saturated rings. The molecule has 1 nitrogen and oxygen atoms in total. The topological polar surface area (TPSA) is 3.24 Å². The number of hydrogen-bond donors (Lipinski definition) is 0. The van der Waals surface area contributed by atoms with Gasteiger partial charge in [-0.05, 0) is 38.9 Å². The Hall–Kier alpha value is -0.0400. The van der Waals surface area contributed by atoms with Crippen molar-refractivity contribution in [2.75, 3.05) is 19.6 Å². The number of unbranched alkanes of at least 4 members (excludes halogenated alkanes) is 12. The molecule has 0 aliphatic carbocycles. The second-order valence-electron chi connectivity index (χ2n) is 7.08. The van der Waals surface area contributed by atoms with E-state index in [4.69, 9.17) is 0 Å². The maximum absolute atomic E-state index is 2.76. The van der Waals surface area contributed by atoms with Crippen LogP contribution >= 0.6 is 0 Å². The molecule has 0 saturated heterocycles. The Balaban J connectivity index is 3.66. The third kappa shape index (κ3) is 16.3. The molecule has 0 N–H and O–H groups in total. The average molecular weight is 312 g/mol. The van der Waals surface area contributed by atoms with E-state index < -0.39 is 0 Å². The molecule has 0 rings (SSSR count). The molecule has 0 atom stereocenters. The number of hydrogen-bond acceptors (Lipinski definition) is 1. The van der Waals surface area contributed by atoms with E-state index in [1.54, 1.807) is 0 Å². The fourth-order valence-corrected chi connectivity index (χ4v) is 3.15. The molecule has 0 aromatic carbocycles. The summed E-state index contributed by atoms with van der Waals surface area (Å²) in [5.74, 6) is 0. The van der Waals surface area contributed by atoms with Crippen LogP contribution in [0.3, 0.4) is 0 Å². The highest BCUT2D eigenvalue weighted by molar-refractivity contribution is 4.60. The summed E-state index contributed by atoms with van der Waals surface area (Å²) in [5, 5.41) is 0. The van der Waals surface area contributed by atoms with Crippen molar-refractivity contribution in [3.05, 3.63) is 0 Å². The van der Waals surface area contributed by atoms with E-state index in [2.05, 4.69) is 25.7 Å². The van der Waals surface area contributed by atoms with E-state index in [9.17, 15) is 0 Å². The Labute approximate surface area is 142 Å². The summed E-state index contributed by atoms with van der Waals surface area (Å²) in [6, 6.07) is 0. The first-order valence-corrected chi connectivity index (χ1v) is 10.6. The Morgan fingerprint density at radius 3 is 1.00 bits per heavy atom. The quantitative estimate of drug-likeness (QED) is 0.242. The van der Waals surface area contributed by atoms with Crippen molar-refractivity contribution in [3.63, 3.8) is 0 Å². The van der Waals surface area contributed by atoms with Crippen LogP contribution in [0.5, 0.6) is 0 Å². The summed E-state index contributed by atoms with van der Waals surface area (Å²) >= 11 is 0. The highest BCUT2D eigenvalue weighted by atomic mass is 15.1. The van der Waals surface area contributed by atoms with E-state index in [0.29, 0.717) is 0 Å². The minimum Gasteiger partial charge on any atom is -0.303 e. The Bertz CT molecular complexity index is 178. The molecular weight excluding hydrogens is 266 g/mol. The number of rotatable bonds is 18. The largest absolute Gasteiger partial charge is 0.303 e. The van der Waals surface area contributed by atoms with Gasteiger partial charge in [-0.25, -0.2) is 0 Å². The molecule has 0 spiro atoms. The molecule has 0 radical (unpaired) electrons. The van der Waals surface area contributed by atoms with Crippen molar-refractivity contribution in [3.8, 4) is 0 Å². The molecule has 22 heavy (non-hydrogen) atoms. The van der Waals surface area contributed by atoms with Crippen LogP contribution in [0.25, 0.3) is 0 Å². The minimum atomic E-state index is 1.35. The molecule has 134 valence electrons. The molecule has 0 aromatic heterocycles. The van der Waals surface area contributed by atoms with E-state index in [1.165, 1.54) is 116 Å². The van der Waals surface area contributed by atoms with E-state index in [1.807, 2.05) is 0 Å². The third-order valence-corrected chi connectivity index (χ3v) is 4.73. The second-order valence-corrected chi connectivity index (χ2v) is 7.08. The van der Waals surface area contributed by atoms with Gasteiger partial charge in [0.05, 0.1) is 0 Å². The summed E-state index contributed by atoms with van der Waals surface area (Å²) in [6.07, 6.45) is 21.3. The zero-order chi connectivity index (χ0) is 16.3. The summed E-state index contributed by atoms with van der Waals surface area (Å²) in [4.78, 5) is 2.76. The van der Waals surface area contributed by atoms with Crippen molar-refractivity contribution in [1.82, 2.24) is 4.90 Å². The Morgan fingerprint density at radius 2 is 0.636 bits per heavy atom. The van der Waals surface area contributed by atoms with Gasteiger partial charge in [-0.15, -0.1) is 0 Å². The van der Waals surface area contributed by atoms with Crippen molar-refractivity contribution >= 4 is 0 Å². The van der Waals surface area contributed by atoms with Crippen molar-refractivity contribution in [2.45, 2.75) is 117 Å². The van der Waals surface area contributed by atoms with E-state index in [-0.39, 0.29) is 0 Å². The number of nitrogens with zero attached hydrogens (tertiary/aromatic N) is 1. The molecule has 1 heteroatoms. The summed E-state index contributed by atoms with van der Waals surface area (Å²) in [5.41, 5.74) is 0. The van der Waals surface area contributed by atoms with E-state index >= 15 is 0 Å². The summed E-state index contributed by atoms with van der Waals surface area (Å²) in [6.45, 7) is 11.0. The van der Waals surface area contributed by atoms with Gasteiger partial charge in [-0.1, -0.05) is 97.8 Å². The fourth-order valence-electron chi connectivity index (χ4n) is 3.15. The lowest BCUT2D eigenvalue weighted by Gasteiger charge is -2.22. The van der Waals surface area contributed by atoms with Crippen LogP contribution in [0, 0.1) is 0 Å². The first kappa shape index (κ1) is 22.0. The maximum atomic E-state index is 2.76. The predicted molar refractivity (Wildman–Crippen MR) is 103 cm³/mol. The molecule has 0 bridgehead atoms. The van der Waals surface area contributed by atoms with Crippen LogP contribution in [0.15, 0.2) is 0 Å². The Morgan fingerprint density at radius 1 is 0.364 bits per heavy atom. The zero-order valence-corrected chi connectivity index (χ0v) is 16.2. The molecule has 0 aliphatic rings. The lowest BCUT2D eigenvalue weighted by atomic mass is 10.1. The molecule has 0 saturated carbocycles. The smallest absolute Gasteiger partial charge is 0.00187 e. The van der Waals surface area contributed by atoms with Crippen molar-refractivity contribution < 1.29 is 0 Å². The lowest BCUT2D eigenvalue weighted by Crippen LogP contribution is -2.27. The summed E-state index contributed by atoms with van der Waals surface area (Å²) in [7, 11) is 0. The lowest BCUT2D eigenvalue weighted by molar-refractivity contribution is 0.254. The maximum Gasteiger partial charge on any atom is -0.00187 e. The third-order valence-electron chi connectivity index (χ3n) is 4.73. The molecule has 0 aromatic rings. The second kappa shape index (κ2) is 19.0. The molecular formula is C21H45N.